The summed E-state index contributed by atoms with van der Waals surface area (Å²) in [5.74, 6) is -0.798. The normalized spacial score (nSPS) is 10.7. The molecular weight excluding hydrogens is 196 g/mol. The predicted molar refractivity (Wildman–Crippen MR) is 52.2 cm³/mol. The van der Waals surface area contributed by atoms with E-state index >= 15 is 0 Å². The van der Waals surface area contributed by atoms with Gasteiger partial charge in [0, 0.05) is 12.6 Å². The van der Waals surface area contributed by atoms with Gasteiger partial charge < -0.3 is 5.11 Å². The molecule has 0 spiro atoms. The SMILES string of the molecule is O=C(O)CCCn1nc2ccncc2n1. The molecule has 6 heteroatoms. The molecule has 2 heterocycles. The van der Waals surface area contributed by atoms with E-state index in [1.807, 2.05) is 0 Å². The van der Waals surface area contributed by atoms with Crippen LogP contribution < -0.4 is 0 Å². The van der Waals surface area contributed by atoms with Gasteiger partial charge in [0.25, 0.3) is 0 Å². The maximum absolute atomic E-state index is 10.3. The Labute approximate surface area is 85.5 Å². The molecule has 15 heavy (non-hydrogen) atoms. The summed E-state index contributed by atoms with van der Waals surface area (Å²) in [4.78, 5) is 15.7. The number of aromatic nitrogens is 4. The Morgan fingerprint density at radius 2 is 2.20 bits per heavy atom. The molecule has 2 aromatic rings. The summed E-state index contributed by atoms with van der Waals surface area (Å²) in [5.41, 5.74) is 1.51. The number of hydrogen-bond donors (Lipinski definition) is 1. The van der Waals surface area contributed by atoms with Crippen molar-refractivity contribution in [1.29, 1.82) is 0 Å². The average molecular weight is 206 g/mol. The quantitative estimate of drug-likeness (QED) is 0.795. The first kappa shape index (κ1) is 9.57. The number of carboxylic acids is 1. The van der Waals surface area contributed by atoms with E-state index in [-0.39, 0.29) is 6.42 Å². The zero-order valence-electron chi connectivity index (χ0n) is 8.00. The van der Waals surface area contributed by atoms with Crippen LogP contribution in [0.1, 0.15) is 12.8 Å². The lowest BCUT2D eigenvalue weighted by Crippen LogP contribution is -2.04. The van der Waals surface area contributed by atoms with Crippen molar-refractivity contribution < 1.29 is 9.90 Å². The largest absolute Gasteiger partial charge is 0.481 e. The Kier molecular flexibility index (Phi) is 2.57. The summed E-state index contributed by atoms with van der Waals surface area (Å²) in [6, 6.07) is 1.77. The highest BCUT2D eigenvalue weighted by atomic mass is 16.4. The van der Waals surface area contributed by atoms with Crippen molar-refractivity contribution in [3.05, 3.63) is 18.5 Å². The van der Waals surface area contributed by atoms with Gasteiger partial charge >= 0.3 is 5.97 Å². The first-order chi connectivity index (χ1) is 7.25. The Morgan fingerprint density at radius 3 is 2.93 bits per heavy atom. The fourth-order valence-electron chi connectivity index (χ4n) is 1.28. The van der Waals surface area contributed by atoms with Crippen LogP contribution in [0.3, 0.4) is 0 Å². The number of aryl methyl sites for hydroxylation is 1. The maximum atomic E-state index is 10.3. The molecule has 0 fully saturated rings. The Morgan fingerprint density at radius 1 is 1.40 bits per heavy atom. The lowest BCUT2D eigenvalue weighted by atomic mass is 10.3. The van der Waals surface area contributed by atoms with Crippen molar-refractivity contribution in [3.63, 3.8) is 0 Å². The lowest BCUT2D eigenvalue weighted by molar-refractivity contribution is -0.137. The van der Waals surface area contributed by atoms with E-state index in [9.17, 15) is 4.79 Å². The van der Waals surface area contributed by atoms with E-state index in [0.717, 1.165) is 11.0 Å². The third kappa shape index (κ3) is 2.28. The Hall–Kier alpha value is -1.98. The van der Waals surface area contributed by atoms with E-state index in [2.05, 4.69) is 15.2 Å². The van der Waals surface area contributed by atoms with Gasteiger partial charge in [0.2, 0.25) is 0 Å². The van der Waals surface area contributed by atoms with Gasteiger partial charge in [-0.3, -0.25) is 9.78 Å². The fraction of sp³-hybridized carbons (Fsp3) is 0.333. The van der Waals surface area contributed by atoms with Gasteiger partial charge in [0.1, 0.15) is 11.0 Å². The minimum absolute atomic E-state index is 0.135. The predicted octanol–water partition coefficient (Wildman–Crippen LogP) is 0.691. The third-order valence-electron chi connectivity index (χ3n) is 1.97. The smallest absolute Gasteiger partial charge is 0.303 e. The van der Waals surface area contributed by atoms with Crippen molar-refractivity contribution in [3.8, 4) is 0 Å². The van der Waals surface area contributed by atoms with Crippen molar-refractivity contribution in [2.24, 2.45) is 0 Å². The van der Waals surface area contributed by atoms with Crippen LogP contribution in [0, 0.1) is 0 Å². The zero-order valence-corrected chi connectivity index (χ0v) is 8.00. The van der Waals surface area contributed by atoms with Gasteiger partial charge in [-0.05, 0) is 12.5 Å². The number of carboxylic acid groups (broad SMARTS) is 1. The molecule has 0 saturated carbocycles. The van der Waals surface area contributed by atoms with Crippen LogP contribution >= 0.6 is 0 Å². The number of carbonyl (C=O) groups is 1. The topological polar surface area (TPSA) is 80.9 Å². The molecule has 0 aromatic carbocycles. The zero-order chi connectivity index (χ0) is 10.7. The summed E-state index contributed by atoms with van der Waals surface area (Å²) in [7, 11) is 0. The van der Waals surface area contributed by atoms with E-state index < -0.39 is 5.97 Å². The number of pyridine rings is 1. The van der Waals surface area contributed by atoms with Crippen LogP contribution in [0.2, 0.25) is 0 Å². The van der Waals surface area contributed by atoms with E-state index in [1.165, 1.54) is 4.80 Å². The van der Waals surface area contributed by atoms with Crippen LogP contribution in [0.25, 0.3) is 11.0 Å². The molecular formula is C9H10N4O2. The van der Waals surface area contributed by atoms with Crippen LogP contribution in [-0.2, 0) is 11.3 Å². The van der Waals surface area contributed by atoms with Crippen molar-refractivity contribution in [1.82, 2.24) is 20.0 Å². The molecule has 0 aliphatic rings. The molecule has 2 aromatic heterocycles. The second kappa shape index (κ2) is 4.04. The minimum atomic E-state index is -0.798. The Bertz CT molecular complexity index is 447. The molecule has 2 rings (SSSR count). The molecule has 0 bridgehead atoms. The van der Waals surface area contributed by atoms with E-state index in [1.54, 1.807) is 18.5 Å². The van der Waals surface area contributed by atoms with E-state index in [4.69, 9.17) is 5.11 Å². The van der Waals surface area contributed by atoms with Crippen LogP contribution in [-0.4, -0.2) is 31.1 Å². The highest BCUT2D eigenvalue weighted by molar-refractivity contribution is 5.71. The van der Waals surface area contributed by atoms with Gasteiger partial charge in [-0.1, -0.05) is 0 Å². The van der Waals surface area contributed by atoms with Crippen molar-refractivity contribution in [2.75, 3.05) is 0 Å². The van der Waals surface area contributed by atoms with Crippen LogP contribution in [0.4, 0.5) is 0 Å². The second-order valence-corrected chi connectivity index (χ2v) is 3.16. The van der Waals surface area contributed by atoms with Gasteiger partial charge in [0.15, 0.2) is 0 Å². The molecule has 1 N–H and O–H groups in total. The van der Waals surface area contributed by atoms with Gasteiger partial charge in [-0.25, -0.2) is 0 Å². The number of rotatable bonds is 4. The molecule has 0 aliphatic carbocycles. The molecule has 0 aliphatic heterocycles. The monoisotopic (exact) mass is 206 g/mol. The van der Waals surface area contributed by atoms with Gasteiger partial charge in [0.05, 0.1) is 12.7 Å². The number of fused-ring (bicyclic) bond motifs is 1. The molecule has 0 unspecified atom stereocenters. The molecule has 0 radical (unpaired) electrons. The first-order valence-corrected chi connectivity index (χ1v) is 4.62. The third-order valence-corrected chi connectivity index (χ3v) is 1.97. The average Bonchev–Trinajstić information content (AvgIpc) is 2.59. The molecule has 0 saturated heterocycles. The highest BCUT2D eigenvalue weighted by Gasteiger charge is 2.02. The molecule has 0 amide bonds. The molecule has 0 atom stereocenters. The van der Waals surface area contributed by atoms with Crippen molar-refractivity contribution >= 4 is 17.0 Å². The van der Waals surface area contributed by atoms with E-state index in [0.29, 0.717) is 13.0 Å². The fourth-order valence-corrected chi connectivity index (χ4v) is 1.28. The van der Waals surface area contributed by atoms with Gasteiger partial charge in [-0.2, -0.15) is 15.0 Å². The molecule has 6 nitrogen and oxygen atoms in total. The number of aliphatic carboxylic acids is 1. The minimum Gasteiger partial charge on any atom is -0.481 e. The highest BCUT2D eigenvalue weighted by Crippen LogP contribution is 2.05. The standard InChI is InChI=1S/C9H10N4O2/c14-9(15)2-1-5-13-11-7-3-4-10-6-8(7)12-13/h3-4,6H,1-2,5H2,(H,14,15). The summed E-state index contributed by atoms with van der Waals surface area (Å²) >= 11 is 0. The number of hydrogen-bond acceptors (Lipinski definition) is 4. The summed E-state index contributed by atoms with van der Waals surface area (Å²) in [6.45, 7) is 0.515. The van der Waals surface area contributed by atoms with Gasteiger partial charge in [-0.15, -0.1) is 0 Å². The first-order valence-electron chi connectivity index (χ1n) is 4.62. The Balaban J connectivity index is 2.05. The summed E-state index contributed by atoms with van der Waals surface area (Å²) in [6.07, 6.45) is 3.95. The number of nitrogens with zero attached hydrogens (tertiary/aromatic N) is 4. The van der Waals surface area contributed by atoms with Crippen molar-refractivity contribution in [2.45, 2.75) is 19.4 Å². The maximum Gasteiger partial charge on any atom is 0.303 e. The summed E-state index contributed by atoms with van der Waals surface area (Å²) in [5, 5.41) is 16.8. The second-order valence-electron chi connectivity index (χ2n) is 3.16. The summed E-state index contributed by atoms with van der Waals surface area (Å²) < 4.78 is 0. The molecule has 78 valence electrons. The van der Waals surface area contributed by atoms with Crippen LogP contribution in [0.15, 0.2) is 18.5 Å². The van der Waals surface area contributed by atoms with Crippen LogP contribution in [0.5, 0.6) is 0 Å². The lowest BCUT2D eigenvalue weighted by Gasteiger charge is -1.95.